The smallest absolute Gasteiger partial charge is 0.229 e. The van der Waals surface area contributed by atoms with E-state index in [1.165, 1.54) is 0 Å². The van der Waals surface area contributed by atoms with Crippen LogP contribution in [-0.4, -0.2) is 53.9 Å². The average Bonchev–Trinajstić information content (AvgIpc) is 3.07. The van der Waals surface area contributed by atoms with E-state index in [-0.39, 0.29) is 17.7 Å². The second-order valence-corrected chi connectivity index (χ2v) is 7.07. The van der Waals surface area contributed by atoms with Gasteiger partial charge in [0.1, 0.15) is 12.4 Å². The van der Waals surface area contributed by atoms with E-state index in [1.54, 1.807) is 0 Å². The summed E-state index contributed by atoms with van der Waals surface area (Å²) in [6, 6.07) is 8.29. The van der Waals surface area contributed by atoms with Crippen molar-refractivity contribution in [2.45, 2.75) is 38.1 Å². The molecule has 2 amide bonds. The number of carbonyl (C=O) groups excluding carboxylic acids is 2. The number of rotatable bonds is 2. The molecule has 1 unspecified atom stereocenters. The molecule has 0 saturated carbocycles. The molecule has 1 atom stereocenters. The summed E-state index contributed by atoms with van der Waals surface area (Å²) >= 11 is 0. The minimum absolute atomic E-state index is 0.0788. The summed E-state index contributed by atoms with van der Waals surface area (Å²) in [5.74, 6) is 1.32. The second kappa shape index (κ2) is 6.46. The highest BCUT2D eigenvalue weighted by Crippen LogP contribution is 2.29. The monoisotopic (exact) mass is 328 g/mol. The summed E-state index contributed by atoms with van der Waals surface area (Å²) in [6.07, 6.45) is 4.25. The van der Waals surface area contributed by atoms with Gasteiger partial charge in [-0.3, -0.25) is 9.59 Å². The molecule has 0 bridgehead atoms. The van der Waals surface area contributed by atoms with Gasteiger partial charge in [-0.1, -0.05) is 18.2 Å². The summed E-state index contributed by atoms with van der Waals surface area (Å²) < 4.78 is 5.76. The van der Waals surface area contributed by atoms with Crippen molar-refractivity contribution in [1.82, 2.24) is 9.80 Å². The van der Waals surface area contributed by atoms with Crippen molar-refractivity contribution in [1.29, 1.82) is 0 Å². The summed E-state index contributed by atoms with van der Waals surface area (Å²) in [7, 11) is 0. The zero-order valence-electron chi connectivity index (χ0n) is 13.9. The van der Waals surface area contributed by atoms with E-state index >= 15 is 0 Å². The van der Waals surface area contributed by atoms with Crippen molar-refractivity contribution in [3.63, 3.8) is 0 Å². The third-order valence-corrected chi connectivity index (χ3v) is 5.56. The third-order valence-electron chi connectivity index (χ3n) is 5.56. The number of carbonyl (C=O) groups is 2. The highest BCUT2D eigenvalue weighted by atomic mass is 16.5. The maximum absolute atomic E-state index is 12.8. The van der Waals surface area contributed by atoms with Crippen molar-refractivity contribution in [2.24, 2.45) is 5.92 Å². The first-order chi connectivity index (χ1) is 11.7. The van der Waals surface area contributed by atoms with E-state index in [2.05, 4.69) is 0 Å². The fourth-order valence-electron chi connectivity index (χ4n) is 4.20. The van der Waals surface area contributed by atoms with Gasteiger partial charge in [0.2, 0.25) is 11.8 Å². The van der Waals surface area contributed by atoms with Gasteiger partial charge in [0.25, 0.3) is 0 Å². The van der Waals surface area contributed by atoms with Gasteiger partial charge in [-0.05, 0) is 37.3 Å². The highest BCUT2D eigenvalue weighted by Gasteiger charge is 2.35. The lowest BCUT2D eigenvalue weighted by Gasteiger charge is -2.38. The van der Waals surface area contributed by atoms with E-state index in [0.29, 0.717) is 19.1 Å². The number of nitrogens with zero attached hydrogens (tertiary/aromatic N) is 2. The van der Waals surface area contributed by atoms with Crippen LogP contribution in [0.25, 0.3) is 0 Å². The van der Waals surface area contributed by atoms with Gasteiger partial charge in [-0.15, -0.1) is 0 Å². The number of ether oxygens (including phenoxy) is 1. The molecule has 1 aromatic rings. The van der Waals surface area contributed by atoms with Gasteiger partial charge in [-0.25, -0.2) is 0 Å². The molecule has 5 nitrogen and oxygen atoms in total. The summed E-state index contributed by atoms with van der Waals surface area (Å²) in [5, 5.41) is 0. The molecular weight excluding hydrogens is 304 g/mol. The molecule has 24 heavy (non-hydrogen) atoms. The van der Waals surface area contributed by atoms with Crippen molar-refractivity contribution >= 4 is 11.8 Å². The molecule has 2 saturated heterocycles. The van der Waals surface area contributed by atoms with Gasteiger partial charge >= 0.3 is 0 Å². The van der Waals surface area contributed by atoms with Crippen LogP contribution in [0.2, 0.25) is 0 Å². The standard InChI is InChI=1S/C19H24N2O3/c22-18-6-3-9-21(18)16-7-10-20(11-8-16)19(23)15-12-14-4-1-2-5-17(14)24-13-15/h1-2,4-5,15-16H,3,6-13H2. The minimum Gasteiger partial charge on any atom is -0.492 e. The molecule has 3 aliphatic rings. The zero-order chi connectivity index (χ0) is 16.5. The molecule has 2 fully saturated rings. The molecule has 1 aromatic carbocycles. The number of hydrogen-bond donors (Lipinski definition) is 0. The predicted octanol–water partition coefficient (Wildman–Crippen LogP) is 1.85. The number of fused-ring (bicyclic) bond motifs is 1. The maximum Gasteiger partial charge on any atom is 0.229 e. The number of piperidine rings is 1. The SMILES string of the molecule is O=C(C1COc2ccccc2C1)N1CCC(N2CCCC2=O)CC1. The summed E-state index contributed by atoms with van der Waals surface area (Å²) in [6.45, 7) is 2.88. The lowest BCUT2D eigenvalue weighted by atomic mass is 9.94. The quantitative estimate of drug-likeness (QED) is 0.832. The topological polar surface area (TPSA) is 49.9 Å². The molecule has 4 rings (SSSR count). The molecule has 5 heteroatoms. The minimum atomic E-state index is -0.0788. The van der Waals surface area contributed by atoms with Crippen molar-refractivity contribution in [3.8, 4) is 5.75 Å². The Bertz CT molecular complexity index is 637. The number of amides is 2. The van der Waals surface area contributed by atoms with Gasteiger partial charge in [0, 0.05) is 32.1 Å². The zero-order valence-corrected chi connectivity index (χ0v) is 13.9. The first kappa shape index (κ1) is 15.5. The lowest BCUT2D eigenvalue weighted by molar-refractivity contribution is -0.139. The van der Waals surface area contributed by atoms with Gasteiger partial charge in [0.15, 0.2) is 0 Å². The van der Waals surface area contributed by atoms with Crippen LogP contribution in [0.4, 0.5) is 0 Å². The van der Waals surface area contributed by atoms with E-state index < -0.39 is 0 Å². The van der Waals surface area contributed by atoms with Crippen LogP contribution in [0.15, 0.2) is 24.3 Å². The fraction of sp³-hybridized carbons (Fsp3) is 0.579. The normalized spacial score (nSPS) is 24.7. The Hall–Kier alpha value is -2.04. The number of para-hydroxylation sites is 1. The Labute approximate surface area is 142 Å². The van der Waals surface area contributed by atoms with Crippen LogP contribution in [0, 0.1) is 5.92 Å². The Balaban J connectivity index is 1.34. The van der Waals surface area contributed by atoms with Crippen LogP contribution in [0.5, 0.6) is 5.75 Å². The van der Waals surface area contributed by atoms with E-state index in [4.69, 9.17) is 4.74 Å². The first-order valence-electron chi connectivity index (χ1n) is 9.01. The van der Waals surface area contributed by atoms with E-state index in [9.17, 15) is 9.59 Å². The fourth-order valence-corrected chi connectivity index (χ4v) is 4.20. The Kier molecular flexibility index (Phi) is 4.17. The first-order valence-corrected chi connectivity index (χ1v) is 9.01. The van der Waals surface area contributed by atoms with E-state index in [1.807, 2.05) is 34.1 Å². The number of hydrogen-bond acceptors (Lipinski definition) is 3. The Morgan fingerprint density at radius 3 is 2.67 bits per heavy atom. The average molecular weight is 328 g/mol. The van der Waals surface area contributed by atoms with E-state index in [0.717, 1.165) is 56.6 Å². The van der Waals surface area contributed by atoms with Crippen LogP contribution in [0.3, 0.4) is 0 Å². The molecule has 0 aromatic heterocycles. The van der Waals surface area contributed by atoms with Crippen LogP contribution in [0.1, 0.15) is 31.2 Å². The van der Waals surface area contributed by atoms with Crippen LogP contribution < -0.4 is 4.74 Å². The molecule has 0 N–H and O–H groups in total. The van der Waals surface area contributed by atoms with Gasteiger partial charge < -0.3 is 14.5 Å². The molecular formula is C19H24N2O3. The molecule has 0 radical (unpaired) electrons. The second-order valence-electron chi connectivity index (χ2n) is 7.07. The van der Waals surface area contributed by atoms with Crippen LogP contribution in [-0.2, 0) is 16.0 Å². The Morgan fingerprint density at radius 2 is 1.92 bits per heavy atom. The Morgan fingerprint density at radius 1 is 1.12 bits per heavy atom. The van der Waals surface area contributed by atoms with Crippen molar-refractivity contribution in [3.05, 3.63) is 29.8 Å². The molecule has 0 aliphatic carbocycles. The molecule has 0 spiro atoms. The number of likely N-dealkylation sites (tertiary alicyclic amines) is 2. The maximum atomic E-state index is 12.8. The molecule has 128 valence electrons. The molecule has 3 aliphatic heterocycles. The van der Waals surface area contributed by atoms with Crippen molar-refractivity contribution < 1.29 is 14.3 Å². The predicted molar refractivity (Wildman–Crippen MR) is 89.7 cm³/mol. The molecule has 3 heterocycles. The number of benzene rings is 1. The summed E-state index contributed by atoms with van der Waals surface area (Å²) in [4.78, 5) is 28.7. The lowest BCUT2D eigenvalue weighted by Crippen LogP contribution is -2.49. The van der Waals surface area contributed by atoms with Gasteiger partial charge in [-0.2, -0.15) is 0 Å². The van der Waals surface area contributed by atoms with Gasteiger partial charge in [0.05, 0.1) is 5.92 Å². The van der Waals surface area contributed by atoms with Crippen molar-refractivity contribution in [2.75, 3.05) is 26.2 Å². The third kappa shape index (κ3) is 2.87. The largest absolute Gasteiger partial charge is 0.492 e. The highest BCUT2D eigenvalue weighted by molar-refractivity contribution is 5.80. The summed E-state index contributed by atoms with van der Waals surface area (Å²) in [5.41, 5.74) is 1.12. The van der Waals surface area contributed by atoms with Crippen LogP contribution >= 0.6 is 0 Å².